The fourth-order valence-electron chi connectivity index (χ4n) is 2.70. The molecule has 1 unspecified atom stereocenters. The van der Waals surface area contributed by atoms with Crippen LogP contribution in [0.1, 0.15) is 25.3 Å². The predicted octanol–water partition coefficient (Wildman–Crippen LogP) is 2.14. The Labute approximate surface area is 136 Å². The van der Waals surface area contributed by atoms with Crippen LogP contribution in [-0.2, 0) is 11.2 Å². The van der Waals surface area contributed by atoms with Crippen LogP contribution in [0, 0.1) is 16.0 Å². The van der Waals surface area contributed by atoms with Gasteiger partial charge in [-0.3, -0.25) is 14.9 Å². The summed E-state index contributed by atoms with van der Waals surface area (Å²) in [5.41, 5.74) is 6.74. The van der Waals surface area contributed by atoms with E-state index in [1.165, 1.54) is 12.1 Å². The molecule has 1 aromatic rings. The number of hydrogen-bond acceptors (Lipinski definition) is 4. The molecule has 0 saturated carbocycles. The highest BCUT2D eigenvalue weighted by Gasteiger charge is 2.24. The maximum atomic E-state index is 12.2. The fourth-order valence-corrected chi connectivity index (χ4v) is 2.70. The Balaban J connectivity index is 0.00000242. The van der Waals surface area contributed by atoms with Crippen LogP contribution >= 0.6 is 12.4 Å². The van der Waals surface area contributed by atoms with E-state index in [1.54, 1.807) is 12.1 Å². The summed E-state index contributed by atoms with van der Waals surface area (Å²) in [7, 11) is 0. The molecule has 6 nitrogen and oxygen atoms in total. The molecule has 0 radical (unpaired) electrons. The lowest BCUT2D eigenvalue weighted by molar-refractivity contribution is -0.384. The molecular formula is C15H22ClN3O3. The number of likely N-dealkylation sites (tertiary alicyclic amines) is 1. The molecule has 1 saturated heterocycles. The van der Waals surface area contributed by atoms with E-state index >= 15 is 0 Å². The van der Waals surface area contributed by atoms with Crippen LogP contribution < -0.4 is 5.73 Å². The fraction of sp³-hybridized carbons (Fsp3) is 0.533. The second kappa shape index (κ2) is 8.10. The van der Waals surface area contributed by atoms with E-state index in [9.17, 15) is 14.9 Å². The summed E-state index contributed by atoms with van der Waals surface area (Å²) < 4.78 is 0. The Hall–Kier alpha value is -1.66. The van der Waals surface area contributed by atoms with Crippen LogP contribution in [0.15, 0.2) is 24.3 Å². The highest BCUT2D eigenvalue weighted by Crippen LogP contribution is 2.20. The lowest BCUT2D eigenvalue weighted by Crippen LogP contribution is -2.43. The molecule has 0 aromatic heterocycles. The lowest BCUT2D eigenvalue weighted by Gasteiger charge is -2.33. The highest BCUT2D eigenvalue weighted by atomic mass is 35.5. The number of carbonyl (C=O) groups is 1. The van der Waals surface area contributed by atoms with Crippen LogP contribution in [0.5, 0.6) is 0 Å². The number of benzene rings is 1. The van der Waals surface area contributed by atoms with Crippen LogP contribution in [0.4, 0.5) is 5.69 Å². The molecule has 1 amide bonds. The molecule has 7 heteroatoms. The van der Waals surface area contributed by atoms with Gasteiger partial charge in [-0.05, 0) is 31.2 Å². The predicted molar refractivity (Wildman–Crippen MR) is 87.0 cm³/mol. The van der Waals surface area contributed by atoms with E-state index in [1.807, 2.05) is 11.8 Å². The first-order chi connectivity index (χ1) is 9.97. The summed E-state index contributed by atoms with van der Waals surface area (Å²) in [4.78, 5) is 24.2. The molecule has 2 N–H and O–H groups in total. The number of nitro groups is 1. The van der Waals surface area contributed by atoms with Crippen molar-refractivity contribution in [3.63, 3.8) is 0 Å². The zero-order valence-electron chi connectivity index (χ0n) is 12.6. The highest BCUT2D eigenvalue weighted by molar-refractivity contribution is 5.85. The topological polar surface area (TPSA) is 89.5 Å². The minimum atomic E-state index is -0.440. The number of piperidine rings is 1. The van der Waals surface area contributed by atoms with Crippen LogP contribution in [0.3, 0.4) is 0 Å². The third-order valence-electron chi connectivity index (χ3n) is 4.14. The number of nitro benzene ring substituents is 1. The zero-order valence-corrected chi connectivity index (χ0v) is 13.4. The molecule has 122 valence electrons. The van der Waals surface area contributed by atoms with Gasteiger partial charge in [-0.25, -0.2) is 0 Å². The smallest absolute Gasteiger partial charge is 0.269 e. The molecule has 1 fully saturated rings. The van der Waals surface area contributed by atoms with Gasteiger partial charge in [0.1, 0.15) is 0 Å². The number of rotatable bonds is 4. The Kier molecular flexibility index (Phi) is 6.77. The van der Waals surface area contributed by atoms with Crippen molar-refractivity contribution in [2.24, 2.45) is 11.7 Å². The van der Waals surface area contributed by atoms with Gasteiger partial charge in [0.05, 0.1) is 11.3 Å². The maximum Gasteiger partial charge on any atom is 0.269 e. The standard InChI is InChI=1S/C15H21N3O3.ClH/c1-11(16)13-6-8-17(9-7-13)15(19)10-12-2-4-14(5-3-12)18(20)21;/h2-5,11,13H,6-10,16H2,1H3;1H. The quantitative estimate of drug-likeness (QED) is 0.677. The maximum absolute atomic E-state index is 12.2. The molecule has 1 atom stereocenters. The van der Waals surface area contributed by atoms with Crippen molar-refractivity contribution in [2.45, 2.75) is 32.2 Å². The van der Waals surface area contributed by atoms with Gasteiger partial charge in [0, 0.05) is 31.3 Å². The van der Waals surface area contributed by atoms with Crippen LogP contribution in [-0.4, -0.2) is 34.9 Å². The average molecular weight is 328 g/mol. The lowest BCUT2D eigenvalue weighted by atomic mass is 9.91. The van der Waals surface area contributed by atoms with E-state index in [2.05, 4.69) is 0 Å². The molecular weight excluding hydrogens is 306 g/mol. The van der Waals surface area contributed by atoms with Crippen molar-refractivity contribution in [3.05, 3.63) is 39.9 Å². The van der Waals surface area contributed by atoms with Gasteiger partial charge in [-0.1, -0.05) is 12.1 Å². The molecule has 1 aliphatic heterocycles. The number of halogens is 1. The van der Waals surface area contributed by atoms with E-state index in [4.69, 9.17) is 5.73 Å². The van der Waals surface area contributed by atoms with Crippen molar-refractivity contribution in [1.29, 1.82) is 0 Å². The minimum Gasteiger partial charge on any atom is -0.342 e. The van der Waals surface area contributed by atoms with Gasteiger partial charge >= 0.3 is 0 Å². The molecule has 1 aromatic carbocycles. The monoisotopic (exact) mass is 327 g/mol. The molecule has 22 heavy (non-hydrogen) atoms. The van der Waals surface area contributed by atoms with Crippen molar-refractivity contribution >= 4 is 24.0 Å². The number of carbonyl (C=O) groups excluding carboxylic acids is 1. The summed E-state index contributed by atoms with van der Waals surface area (Å²) >= 11 is 0. The van der Waals surface area contributed by atoms with Gasteiger partial charge in [-0.2, -0.15) is 0 Å². The summed E-state index contributed by atoms with van der Waals surface area (Å²) in [6.07, 6.45) is 2.19. The molecule has 0 spiro atoms. The summed E-state index contributed by atoms with van der Waals surface area (Å²) in [6.45, 7) is 3.51. The average Bonchev–Trinajstić information content (AvgIpc) is 2.47. The van der Waals surface area contributed by atoms with Crippen molar-refractivity contribution < 1.29 is 9.72 Å². The first-order valence-corrected chi connectivity index (χ1v) is 7.24. The Morgan fingerprint density at radius 3 is 2.36 bits per heavy atom. The Morgan fingerprint density at radius 2 is 1.91 bits per heavy atom. The van der Waals surface area contributed by atoms with E-state index in [0.29, 0.717) is 12.3 Å². The third-order valence-corrected chi connectivity index (χ3v) is 4.14. The Bertz CT molecular complexity index is 511. The summed E-state index contributed by atoms with van der Waals surface area (Å²) in [6, 6.07) is 6.34. The zero-order chi connectivity index (χ0) is 15.4. The molecule has 2 rings (SSSR count). The second-order valence-electron chi connectivity index (χ2n) is 5.68. The third kappa shape index (κ3) is 4.68. The number of nitrogens with zero attached hydrogens (tertiary/aromatic N) is 2. The number of amides is 1. The SMILES string of the molecule is CC(N)C1CCN(C(=O)Cc2ccc([N+](=O)[O-])cc2)CC1.Cl. The minimum absolute atomic E-state index is 0. The summed E-state index contributed by atoms with van der Waals surface area (Å²) in [5, 5.41) is 10.6. The molecule has 0 aliphatic carbocycles. The van der Waals surface area contributed by atoms with Crippen LogP contribution in [0.2, 0.25) is 0 Å². The van der Waals surface area contributed by atoms with Gasteiger partial charge in [-0.15, -0.1) is 12.4 Å². The largest absolute Gasteiger partial charge is 0.342 e. The van der Waals surface area contributed by atoms with Crippen LogP contribution in [0.25, 0.3) is 0 Å². The summed E-state index contributed by atoms with van der Waals surface area (Å²) in [5.74, 6) is 0.570. The first-order valence-electron chi connectivity index (χ1n) is 7.24. The van der Waals surface area contributed by atoms with E-state index < -0.39 is 4.92 Å². The van der Waals surface area contributed by atoms with Gasteiger partial charge in [0.15, 0.2) is 0 Å². The van der Waals surface area contributed by atoms with E-state index in [-0.39, 0.29) is 30.0 Å². The van der Waals surface area contributed by atoms with Gasteiger partial charge in [0.2, 0.25) is 5.91 Å². The first kappa shape index (κ1) is 18.4. The number of non-ortho nitro benzene ring substituents is 1. The van der Waals surface area contributed by atoms with Gasteiger partial charge < -0.3 is 10.6 Å². The van der Waals surface area contributed by atoms with Crippen molar-refractivity contribution in [1.82, 2.24) is 4.90 Å². The Morgan fingerprint density at radius 1 is 1.36 bits per heavy atom. The normalized spacial score (nSPS) is 16.7. The van der Waals surface area contributed by atoms with Crippen molar-refractivity contribution in [3.8, 4) is 0 Å². The number of hydrogen-bond donors (Lipinski definition) is 1. The van der Waals surface area contributed by atoms with E-state index in [0.717, 1.165) is 31.5 Å². The molecule has 1 heterocycles. The second-order valence-corrected chi connectivity index (χ2v) is 5.68. The van der Waals surface area contributed by atoms with Gasteiger partial charge in [0.25, 0.3) is 5.69 Å². The molecule has 0 bridgehead atoms. The molecule has 1 aliphatic rings. The van der Waals surface area contributed by atoms with Crippen molar-refractivity contribution in [2.75, 3.05) is 13.1 Å². The number of nitrogens with two attached hydrogens (primary N) is 1.